The molecule has 0 N–H and O–H groups in total. The molecule has 1 aromatic heterocycles. The van der Waals surface area contributed by atoms with Crippen LogP contribution in [0.25, 0.3) is 5.57 Å². The predicted molar refractivity (Wildman–Crippen MR) is 123 cm³/mol. The number of amides is 1. The third-order valence-corrected chi connectivity index (χ3v) is 9.24. The third kappa shape index (κ3) is 3.25. The molecule has 6 atom stereocenters. The molecule has 2 fully saturated rings. The second-order valence-corrected chi connectivity index (χ2v) is 11.0. The smallest absolute Gasteiger partial charge is 0.409 e. The fourth-order valence-electron chi connectivity index (χ4n) is 7.51. The molecule has 4 heteroatoms. The Balaban J connectivity index is 1.37. The zero-order valence-corrected chi connectivity index (χ0v) is 19.4. The summed E-state index contributed by atoms with van der Waals surface area (Å²) < 4.78 is 5.76. The maximum Gasteiger partial charge on any atom is 0.409 e. The minimum Gasteiger partial charge on any atom is -0.446 e. The van der Waals surface area contributed by atoms with Crippen molar-refractivity contribution in [3.63, 3.8) is 0 Å². The average molecular weight is 421 g/mol. The summed E-state index contributed by atoms with van der Waals surface area (Å²) in [6, 6.07) is 4.30. The topological polar surface area (TPSA) is 42.4 Å². The largest absolute Gasteiger partial charge is 0.446 e. The Kier molecular flexibility index (Phi) is 5.02. The number of ether oxygens (including phenoxy) is 1. The lowest BCUT2D eigenvalue weighted by molar-refractivity contribution is -0.0283. The Bertz CT molecular complexity index is 920. The molecule has 31 heavy (non-hydrogen) atoms. The van der Waals surface area contributed by atoms with Gasteiger partial charge < -0.3 is 9.64 Å². The van der Waals surface area contributed by atoms with Crippen molar-refractivity contribution < 1.29 is 9.53 Å². The molecular weight excluding hydrogens is 384 g/mol. The molecule has 0 spiro atoms. The molecular formula is C27H36N2O2. The van der Waals surface area contributed by atoms with Crippen molar-refractivity contribution >= 4 is 11.7 Å². The number of hydrogen-bond donors (Lipinski definition) is 0. The molecule has 0 aliphatic heterocycles. The quantitative estimate of drug-likeness (QED) is 0.543. The monoisotopic (exact) mass is 420 g/mol. The first kappa shape index (κ1) is 20.8. The molecule has 0 saturated heterocycles. The van der Waals surface area contributed by atoms with Crippen LogP contribution in [-0.4, -0.2) is 36.2 Å². The Morgan fingerprint density at radius 3 is 2.65 bits per heavy atom. The number of carbonyl (C=O) groups is 1. The van der Waals surface area contributed by atoms with Crippen LogP contribution in [0.15, 0.2) is 42.3 Å². The van der Waals surface area contributed by atoms with Crippen molar-refractivity contribution in [1.82, 2.24) is 9.88 Å². The zero-order chi connectivity index (χ0) is 21.8. The van der Waals surface area contributed by atoms with Gasteiger partial charge in [0.15, 0.2) is 0 Å². The molecule has 4 aliphatic carbocycles. The van der Waals surface area contributed by atoms with Crippen molar-refractivity contribution in [3.05, 3.63) is 47.8 Å². The van der Waals surface area contributed by atoms with Gasteiger partial charge >= 0.3 is 6.09 Å². The maximum absolute atomic E-state index is 12.1. The lowest BCUT2D eigenvalue weighted by atomic mass is 9.47. The highest BCUT2D eigenvalue weighted by atomic mass is 16.6. The van der Waals surface area contributed by atoms with Gasteiger partial charge in [-0.1, -0.05) is 37.6 Å². The van der Waals surface area contributed by atoms with E-state index in [1.807, 2.05) is 12.4 Å². The average Bonchev–Trinajstić information content (AvgIpc) is 3.11. The molecule has 0 bridgehead atoms. The molecule has 166 valence electrons. The number of aromatic nitrogens is 1. The van der Waals surface area contributed by atoms with E-state index in [1.165, 1.54) is 41.7 Å². The van der Waals surface area contributed by atoms with E-state index in [4.69, 9.17) is 4.74 Å². The summed E-state index contributed by atoms with van der Waals surface area (Å²) in [4.78, 5) is 18.0. The molecule has 4 nitrogen and oxygen atoms in total. The normalized spacial score (nSPS) is 38.8. The fraction of sp³-hybridized carbons (Fsp3) is 0.630. The summed E-state index contributed by atoms with van der Waals surface area (Å²) in [7, 11) is 3.52. The van der Waals surface area contributed by atoms with Crippen LogP contribution in [0.2, 0.25) is 0 Å². The highest BCUT2D eigenvalue weighted by Gasteiger charge is 2.57. The van der Waals surface area contributed by atoms with Crippen molar-refractivity contribution in [2.45, 2.75) is 64.9 Å². The van der Waals surface area contributed by atoms with E-state index in [1.54, 1.807) is 19.7 Å². The highest BCUT2D eigenvalue weighted by molar-refractivity contribution is 5.72. The molecule has 1 heterocycles. The Hall–Kier alpha value is -2.10. The second-order valence-electron chi connectivity index (χ2n) is 11.0. The number of carbonyl (C=O) groups excluding carboxylic acids is 1. The second kappa shape index (κ2) is 7.50. The van der Waals surface area contributed by atoms with E-state index in [9.17, 15) is 4.79 Å². The van der Waals surface area contributed by atoms with Gasteiger partial charge in [-0.25, -0.2) is 4.79 Å². The summed E-state index contributed by atoms with van der Waals surface area (Å²) in [5.41, 5.74) is 4.93. The van der Waals surface area contributed by atoms with Gasteiger partial charge in [0.05, 0.1) is 0 Å². The van der Waals surface area contributed by atoms with Crippen molar-refractivity contribution in [3.8, 4) is 0 Å². The molecule has 2 saturated carbocycles. The SMILES string of the molecule is CN(C)C(=O)O[C@H]1CC[C@@]2(C)C(=CC[C@@H]3[C@@H]2CC[C@]2(C)C(c4cccnc4)=CC[C@@H]32)C1. The van der Waals surface area contributed by atoms with E-state index in [2.05, 4.69) is 43.1 Å². The van der Waals surface area contributed by atoms with Gasteiger partial charge in [0, 0.05) is 32.9 Å². The van der Waals surface area contributed by atoms with Crippen LogP contribution in [0.3, 0.4) is 0 Å². The lowest BCUT2D eigenvalue weighted by Crippen LogP contribution is -2.50. The number of hydrogen-bond acceptors (Lipinski definition) is 3. The van der Waals surface area contributed by atoms with Gasteiger partial charge in [-0.2, -0.15) is 0 Å². The molecule has 4 aliphatic rings. The van der Waals surface area contributed by atoms with Crippen LogP contribution in [0.1, 0.15) is 64.4 Å². The highest BCUT2D eigenvalue weighted by Crippen LogP contribution is 2.66. The molecule has 0 aromatic carbocycles. The molecule has 0 unspecified atom stereocenters. The summed E-state index contributed by atoms with van der Waals surface area (Å²) >= 11 is 0. The van der Waals surface area contributed by atoms with Crippen LogP contribution in [0.4, 0.5) is 4.79 Å². The van der Waals surface area contributed by atoms with Crippen molar-refractivity contribution in [1.29, 1.82) is 0 Å². The molecule has 0 radical (unpaired) electrons. The molecule has 1 amide bonds. The summed E-state index contributed by atoms with van der Waals surface area (Å²) in [6.07, 6.45) is 16.8. The lowest BCUT2D eigenvalue weighted by Gasteiger charge is -2.57. The molecule has 1 aromatic rings. The fourth-order valence-corrected chi connectivity index (χ4v) is 7.51. The Morgan fingerprint density at radius 2 is 1.90 bits per heavy atom. The third-order valence-electron chi connectivity index (χ3n) is 9.24. The van der Waals surface area contributed by atoms with Crippen LogP contribution >= 0.6 is 0 Å². The summed E-state index contributed by atoms with van der Waals surface area (Å²) in [6.45, 7) is 5.02. The number of nitrogens with zero attached hydrogens (tertiary/aromatic N) is 2. The van der Waals surface area contributed by atoms with E-state index in [-0.39, 0.29) is 23.0 Å². The minimum atomic E-state index is -0.212. The zero-order valence-electron chi connectivity index (χ0n) is 19.4. The first-order valence-corrected chi connectivity index (χ1v) is 12.0. The summed E-state index contributed by atoms with van der Waals surface area (Å²) in [5, 5.41) is 0. The van der Waals surface area contributed by atoms with E-state index in [0.29, 0.717) is 0 Å². The van der Waals surface area contributed by atoms with E-state index in [0.717, 1.165) is 37.0 Å². The molecule has 5 rings (SSSR count). The number of allylic oxidation sites excluding steroid dienone is 3. The number of rotatable bonds is 2. The number of fused-ring (bicyclic) bond motifs is 5. The minimum absolute atomic E-state index is 0.0324. The van der Waals surface area contributed by atoms with Crippen molar-refractivity contribution in [2.24, 2.45) is 28.6 Å². The van der Waals surface area contributed by atoms with E-state index < -0.39 is 0 Å². The van der Waals surface area contributed by atoms with Gasteiger partial charge in [-0.05, 0) is 84.3 Å². The van der Waals surface area contributed by atoms with Gasteiger partial charge in [0.25, 0.3) is 0 Å². The van der Waals surface area contributed by atoms with Crippen LogP contribution in [0, 0.1) is 28.6 Å². The first-order valence-electron chi connectivity index (χ1n) is 12.0. The van der Waals surface area contributed by atoms with Gasteiger partial charge in [-0.15, -0.1) is 0 Å². The van der Waals surface area contributed by atoms with Crippen LogP contribution in [-0.2, 0) is 4.74 Å². The number of pyridine rings is 1. The van der Waals surface area contributed by atoms with Crippen molar-refractivity contribution in [2.75, 3.05) is 14.1 Å². The van der Waals surface area contributed by atoms with Gasteiger partial charge in [0.1, 0.15) is 6.10 Å². The van der Waals surface area contributed by atoms with Crippen LogP contribution < -0.4 is 0 Å². The maximum atomic E-state index is 12.1. The predicted octanol–water partition coefficient (Wildman–Crippen LogP) is 6.10. The van der Waals surface area contributed by atoms with Gasteiger partial charge in [0.2, 0.25) is 0 Å². The van der Waals surface area contributed by atoms with Crippen LogP contribution in [0.5, 0.6) is 0 Å². The summed E-state index contributed by atoms with van der Waals surface area (Å²) in [5.74, 6) is 2.22. The Morgan fingerprint density at radius 1 is 1.10 bits per heavy atom. The standard InChI is InChI=1S/C27H36N2O2/c1-26-13-11-20(31-25(30)29(3)4)16-19(26)7-8-21-23-10-9-22(18-6-5-15-28-17-18)27(23,2)14-12-24(21)26/h5-7,9,15,17,20-21,23-24H,8,10-14,16H2,1-4H3/t20-,21-,23-,24-,26-,27+/m0/s1. The van der Waals surface area contributed by atoms with E-state index >= 15 is 0 Å². The first-order chi connectivity index (χ1) is 14.8. The Labute approximate surface area is 186 Å². The van der Waals surface area contributed by atoms with Gasteiger partial charge in [-0.3, -0.25) is 4.98 Å².